The lowest BCUT2D eigenvalue weighted by atomic mass is 10.1. The fourth-order valence-electron chi connectivity index (χ4n) is 1.56. The molecule has 0 amide bonds. The van der Waals surface area contributed by atoms with E-state index in [4.69, 9.17) is 4.74 Å². The predicted octanol–water partition coefficient (Wildman–Crippen LogP) is 2.20. The third-order valence-corrected chi connectivity index (χ3v) is 2.61. The highest BCUT2D eigenvalue weighted by atomic mass is 16.5. The third kappa shape index (κ3) is 3.70. The zero-order valence-corrected chi connectivity index (χ0v) is 11.0. The van der Waals surface area contributed by atoms with E-state index in [0.717, 1.165) is 25.2 Å². The van der Waals surface area contributed by atoms with Crippen molar-refractivity contribution in [3.05, 3.63) is 24.4 Å². The summed E-state index contributed by atoms with van der Waals surface area (Å²) in [7, 11) is 0. The van der Waals surface area contributed by atoms with Crippen molar-refractivity contribution >= 4 is 11.6 Å². The quantitative estimate of drug-likeness (QED) is 0.763. The first-order chi connectivity index (χ1) is 8.75. The first-order valence-electron chi connectivity index (χ1n) is 6.39. The number of hydrogen-bond acceptors (Lipinski definition) is 4. The Bertz CT molecular complexity index is 448. The first kappa shape index (κ1) is 12.8. The number of rotatable bonds is 7. The van der Waals surface area contributed by atoms with Gasteiger partial charge < -0.3 is 10.1 Å². The van der Waals surface area contributed by atoms with E-state index in [1.54, 1.807) is 4.52 Å². The summed E-state index contributed by atoms with van der Waals surface area (Å²) in [5, 5.41) is 7.45. The molecule has 0 bridgehead atoms. The van der Waals surface area contributed by atoms with Gasteiger partial charge in [0.25, 0.3) is 0 Å². The number of pyridine rings is 1. The van der Waals surface area contributed by atoms with E-state index in [1.807, 2.05) is 24.4 Å². The predicted molar refractivity (Wildman–Crippen MR) is 71.8 cm³/mol. The second-order valence-corrected chi connectivity index (χ2v) is 4.66. The summed E-state index contributed by atoms with van der Waals surface area (Å²) in [6.07, 6.45) is 2.99. The topological polar surface area (TPSA) is 51.5 Å². The van der Waals surface area contributed by atoms with Gasteiger partial charge in [-0.15, -0.1) is 5.10 Å². The molecule has 18 heavy (non-hydrogen) atoms. The standard InChI is InChI=1S/C13H20N4O/c1-11(2)6-9-18-10-7-14-13-15-12-5-3-4-8-17(12)16-13/h3-5,8,11H,6-7,9-10H2,1-2H3,(H,14,16). The number of anilines is 1. The lowest BCUT2D eigenvalue weighted by Crippen LogP contribution is -2.11. The van der Waals surface area contributed by atoms with Crippen LogP contribution in [0.2, 0.25) is 0 Å². The van der Waals surface area contributed by atoms with E-state index < -0.39 is 0 Å². The zero-order chi connectivity index (χ0) is 12.8. The Morgan fingerprint density at radius 2 is 2.22 bits per heavy atom. The number of hydrogen-bond donors (Lipinski definition) is 1. The van der Waals surface area contributed by atoms with Gasteiger partial charge in [-0.25, -0.2) is 4.52 Å². The minimum Gasteiger partial charge on any atom is -0.380 e. The lowest BCUT2D eigenvalue weighted by Gasteiger charge is -2.06. The number of nitrogens with zero attached hydrogens (tertiary/aromatic N) is 3. The van der Waals surface area contributed by atoms with Crippen LogP contribution >= 0.6 is 0 Å². The second kappa shape index (κ2) is 6.35. The highest BCUT2D eigenvalue weighted by Gasteiger charge is 2.01. The van der Waals surface area contributed by atoms with Crippen molar-refractivity contribution < 1.29 is 4.74 Å². The Morgan fingerprint density at radius 1 is 1.33 bits per heavy atom. The van der Waals surface area contributed by atoms with E-state index in [-0.39, 0.29) is 0 Å². The Morgan fingerprint density at radius 3 is 3.00 bits per heavy atom. The molecule has 0 aliphatic rings. The highest BCUT2D eigenvalue weighted by Crippen LogP contribution is 2.04. The average Bonchev–Trinajstić information content (AvgIpc) is 2.75. The summed E-state index contributed by atoms with van der Waals surface area (Å²) in [6.45, 7) is 6.62. The van der Waals surface area contributed by atoms with Crippen LogP contribution in [0.3, 0.4) is 0 Å². The molecule has 0 saturated heterocycles. The number of aromatic nitrogens is 3. The van der Waals surface area contributed by atoms with Gasteiger partial charge in [-0.1, -0.05) is 19.9 Å². The molecule has 0 saturated carbocycles. The molecule has 0 unspecified atom stereocenters. The van der Waals surface area contributed by atoms with Gasteiger partial charge in [-0.2, -0.15) is 4.98 Å². The van der Waals surface area contributed by atoms with Crippen LogP contribution in [0, 0.1) is 5.92 Å². The number of ether oxygens (including phenoxy) is 1. The average molecular weight is 248 g/mol. The zero-order valence-electron chi connectivity index (χ0n) is 11.0. The van der Waals surface area contributed by atoms with Crippen molar-refractivity contribution in [1.82, 2.24) is 14.6 Å². The van der Waals surface area contributed by atoms with Gasteiger partial charge in [0.05, 0.1) is 6.61 Å². The van der Waals surface area contributed by atoms with Crippen LogP contribution in [0.5, 0.6) is 0 Å². The van der Waals surface area contributed by atoms with Gasteiger partial charge in [0.1, 0.15) is 0 Å². The highest BCUT2D eigenvalue weighted by molar-refractivity contribution is 5.42. The van der Waals surface area contributed by atoms with Crippen LogP contribution in [0.1, 0.15) is 20.3 Å². The molecular formula is C13H20N4O. The fraction of sp³-hybridized carbons (Fsp3) is 0.538. The number of fused-ring (bicyclic) bond motifs is 1. The molecule has 98 valence electrons. The van der Waals surface area contributed by atoms with Crippen molar-refractivity contribution in [2.24, 2.45) is 5.92 Å². The molecular weight excluding hydrogens is 228 g/mol. The lowest BCUT2D eigenvalue weighted by molar-refractivity contribution is 0.132. The molecule has 2 aromatic rings. The van der Waals surface area contributed by atoms with Crippen LogP contribution in [-0.2, 0) is 4.74 Å². The van der Waals surface area contributed by atoms with Crippen LogP contribution in [0.25, 0.3) is 5.65 Å². The minimum absolute atomic E-state index is 0.647. The van der Waals surface area contributed by atoms with Crippen LogP contribution in [-0.4, -0.2) is 34.4 Å². The summed E-state index contributed by atoms with van der Waals surface area (Å²) >= 11 is 0. The molecule has 0 aromatic carbocycles. The van der Waals surface area contributed by atoms with Gasteiger partial charge >= 0.3 is 0 Å². The second-order valence-electron chi connectivity index (χ2n) is 4.66. The van der Waals surface area contributed by atoms with E-state index >= 15 is 0 Å². The summed E-state index contributed by atoms with van der Waals surface area (Å²) in [5.74, 6) is 1.34. The Kier molecular flexibility index (Phi) is 4.52. The van der Waals surface area contributed by atoms with Crippen molar-refractivity contribution in [2.45, 2.75) is 20.3 Å². The Hall–Kier alpha value is -1.62. The molecule has 0 fully saturated rings. The monoisotopic (exact) mass is 248 g/mol. The SMILES string of the molecule is CC(C)CCOCCNc1nc2ccccn2n1. The van der Waals surface area contributed by atoms with Gasteiger partial charge in [0.2, 0.25) is 5.95 Å². The summed E-state index contributed by atoms with van der Waals surface area (Å²) in [5.41, 5.74) is 0.848. The van der Waals surface area contributed by atoms with Crippen LogP contribution in [0.4, 0.5) is 5.95 Å². The molecule has 5 heteroatoms. The van der Waals surface area contributed by atoms with Crippen molar-refractivity contribution in [3.63, 3.8) is 0 Å². The molecule has 5 nitrogen and oxygen atoms in total. The maximum absolute atomic E-state index is 5.52. The maximum atomic E-state index is 5.52. The molecule has 1 N–H and O–H groups in total. The van der Waals surface area contributed by atoms with E-state index in [9.17, 15) is 0 Å². The van der Waals surface area contributed by atoms with Crippen molar-refractivity contribution in [2.75, 3.05) is 25.1 Å². The molecule has 0 aliphatic heterocycles. The molecule has 2 aromatic heterocycles. The molecule has 2 rings (SSSR count). The molecule has 2 heterocycles. The van der Waals surface area contributed by atoms with Crippen molar-refractivity contribution in [3.8, 4) is 0 Å². The molecule has 0 aliphatic carbocycles. The van der Waals surface area contributed by atoms with Gasteiger partial charge in [-0.3, -0.25) is 0 Å². The first-order valence-corrected chi connectivity index (χ1v) is 6.39. The summed E-state index contributed by atoms with van der Waals surface area (Å²) in [6, 6.07) is 5.81. The largest absolute Gasteiger partial charge is 0.380 e. The minimum atomic E-state index is 0.647. The Balaban J connectivity index is 1.70. The molecule has 0 spiro atoms. The Labute approximate surface area is 107 Å². The van der Waals surface area contributed by atoms with Gasteiger partial charge in [0, 0.05) is 19.3 Å². The van der Waals surface area contributed by atoms with Gasteiger partial charge in [-0.05, 0) is 24.5 Å². The number of nitrogens with one attached hydrogen (secondary N) is 1. The summed E-state index contributed by atoms with van der Waals surface area (Å²) < 4.78 is 7.27. The third-order valence-electron chi connectivity index (χ3n) is 2.61. The fourth-order valence-corrected chi connectivity index (χ4v) is 1.56. The van der Waals surface area contributed by atoms with E-state index in [0.29, 0.717) is 18.5 Å². The van der Waals surface area contributed by atoms with Crippen LogP contribution < -0.4 is 5.32 Å². The van der Waals surface area contributed by atoms with E-state index in [2.05, 4.69) is 29.2 Å². The molecule has 0 radical (unpaired) electrons. The molecule has 0 atom stereocenters. The van der Waals surface area contributed by atoms with Crippen molar-refractivity contribution in [1.29, 1.82) is 0 Å². The normalized spacial score (nSPS) is 11.3. The summed E-state index contributed by atoms with van der Waals surface area (Å²) in [4.78, 5) is 4.34. The van der Waals surface area contributed by atoms with Crippen LogP contribution in [0.15, 0.2) is 24.4 Å². The maximum Gasteiger partial charge on any atom is 0.243 e. The van der Waals surface area contributed by atoms with Gasteiger partial charge in [0.15, 0.2) is 5.65 Å². The van der Waals surface area contributed by atoms with E-state index in [1.165, 1.54) is 0 Å². The smallest absolute Gasteiger partial charge is 0.243 e.